The molecule has 1 atom stereocenters. The van der Waals surface area contributed by atoms with Crippen LogP contribution < -0.4 is 5.32 Å². The molecule has 0 saturated carbocycles. The van der Waals surface area contributed by atoms with E-state index >= 15 is 0 Å². The normalized spacial score (nSPS) is 21.4. The van der Waals surface area contributed by atoms with E-state index in [1.165, 1.54) is 26.1 Å². The van der Waals surface area contributed by atoms with Gasteiger partial charge in [-0.2, -0.15) is 0 Å². The first kappa shape index (κ1) is 13.9. The Hall–Kier alpha value is -0.120. The zero-order valence-corrected chi connectivity index (χ0v) is 11.7. The van der Waals surface area contributed by atoms with Crippen LogP contribution in [0, 0.1) is 5.41 Å². The monoisotopic (exact) mass is 227 g/mol. The Morgan fingerprint density at radius 2 is 1.81 bits per heavy atom. The summed E-state index contributed by atoms with van der Waals surface area (Å²) in [6.45, 7) is 13.0. The first-order valence-electron chi connectivity index (χ1n) is 6.57. The second-order valence-electron chi connectivity index (χ2n) is 5.90. The summed E-state index contributed by atoms with van der Waals surface area (Å²) in [5.74, 6) is 0. The molecule has 1 unspecified atom stereocenters. The Kier molecular flexibility index (Phi) is 5.22. The Balaban J connectivity index is 2.53. The molecule has 0 radical (unpaired) electrons. The summed E-state index contributed by atoms with van der Waals surface area (Å²) < 4.78 is 0. The summed E-state index contributed by atoms with van der Waals surface area (Å²) in [6.07, 6.45) is 1.23. The highest BCUT2D eigenvalue weighted by Gasteiger charge is 2.31. The van der Waals surface area contributed by atoms with Crippen molar-refractivity contribution in [1.29, 1.82) is 0 Å². The molecule has 3 nitrogen and oxygen atoms in total. The number of nitrogens with zero attached hydrogens (tertiary/aromatic N) is 2. The minimum absolute atomic E-state index is 0.371. The molecule has 1 saturated heterocycles. The van der Waals surface area contributed by atoms with Gasteiger partial charge in [0.05, 0.1) is 0 Å². The molecule has 0 amide bonds. The quantitative estimate of drug-likeness (QED) is 0.763. The molecule has 0 aromatic heterocycles. The smallest absolute Gasteiger partial charge is 0.0150 e. The summed E-state index contributed by atoms with van der Waals surface area (Å²) >= 11 is 0. The molecule has 0 aliphatic carbocycles. The van der Waals surface area contributed by atoms with Crippen LogP contribution in [0.1, 0.15) is 27.2 Å². The van der Waals surface area contributed by atoms with Gasteiger partial charge in [0.1, 0.15) is 0 Å². The lowest BCUT2D eigenvalue weighted by atomic mass is 9.81. The lowest BCUT2D eigenvalue weighted by molar-refractivity contribution is 0.0748. The van der Waals surface area contributed by atoms with E-state index in [0.717, 1.165) is 13.1 Å². The van der Waals surface area contributed by atoms with Gasteiger partial charge in [0.25, 0.3) is 0 Å². The van der Waals surface area contributed by atoms with E-state index in [9.17, 15) is 0 Å². The largest absolute Gasteiger partial charge is 0.314 e. The molecule has 1 heterocycles. The zero-order valence-electron chi connectivity index (χ0n) is 11.7. The van der Waals surface area contributed by atoms with Gasteiger partial charge >= 0.3 is 0 Å². The minimum atomic E-state index is 0.371. The van der Waals surface area contributed by atoms with Crippen molar-refractivity contribution in [3.8, 4) is 0 Å². The van der Waals surface area contributed by atoms with E-state index in [4.69, 9.17) is 0 Å². The van der Waals surface area contributed by atoms with E-state index in [2.05, 4.69) is 50.0 Å². The van der Waals surface area contributed by atoms with Crippen LogP contribution in [0.3, 0.4) is 0 Å². The van der Waals surface area contributed by atoms with Gasteiger partial charge in [0.15, 0.2) is 0 Å². The average Bonchev–Trinajstić information content (AvgIpc) is 2.18. The van der Waals surface area contributed by atoms with Crippen LogP contribution >= 0.6 is 0 Å². The molecule has 0 aromatic rings. The summed E-state index contributed by atoms with van der Waals surface area (Å²) in [6, 6.07) is 0.669. The maximum Gasteiger partial charge on any atom is 0.0150 e. The molecule has 1 aliphatic rings. The van der Waals surface area contributed by atoms with Gasteiger partial charge in [0, 0.05) is 38.8 Å². The summed E-state index contributed by atoms with van der Waals surface area (Å²) in [5.41, 5.74) is 0.371. The summed E-state index contributed by atoms with van der Waals surface area (Å²) in [5, 5.41) is 3.41. The Morgan fingerprint density at radius 3 is 2.25 bits per heavy atom. The van der Waals surface area contributed by atoms with E-state index in [0.29, 0.717) is 11.5 Å². The van der Waals surface area contributed by atoms with Crippen LogP contribution in [-0.4, -0.2) is 62.7 Å². The van der Waals surface area contributed by atoms with Gasteiger partial charge in [-0.15, -0.1) is 0 Å². The van der Waals surface area contributed by atoms with Crippen molar-refractivity contribution in [3.63, 3.8) is 0 Å². The SMILES string of the molecule is CCC(N(C)C)C(C)(C)CN1CCNCC1. The molecule has 1 rings (SSSR count). The predicted octanol–water partition coefficient (Wildman–Crippen LogP) is 1.26. The van der Waals surface area contributed by atoms with Crippen LogP contribution in [0.25, 0.3) is 0 Å². The summed E-state index contributed by atoms with van der Waals surface area (Å²) in [7, 11) is 4.40. The third-order valence-corrected chi connectivity index (χ3v) is 3.75. The number of nitrogens with one attached hydrogen (secondary N) is 1. The first-order chi connectivity index (χ1) is 7.47. The van der Waals surface area contributed by atoms with Gasteiger partial charge in [-0.1, -0.05) is 20.8 Å². The van der Waals surface area contributed by atoms with Crippen LogP contribution in [0.5, 0.6) is 0 Å². The van der Waals surface area contributed by atoms with Crippen molar-refractivity contribution in [2.45, 2.75) is 33.2 Å². The molecule has 0 aromatic carbocycles. The van der Waals surface area contributed by atoms with Crippen LogP contribution in [-0.2, 0) is 0 Å². The van der Waals surface area contributed by atoms with E-state index in [1.54, 1.807) is 0 Å². The molecule has 3 heteroatoms. The van der Waals surface area contributed by atoms with Crippen molar-refractivity contribution in [2.24, 2.45) is 5.41 Å². The average molecular weight is 227 g/mol. The van der Waals surface area contributed by atoms with Crippen molar-refractivity contribution in [1.82, 2.24) is 15.1 Å². The maximum atomic E-state index is 3.41. The molecule has 0 spiro atoms. The summed E-state index contributed by atoms with van der Waals surface area (Å²) in [4.78, 5) is 4.98. The van der Waals surface area contributed by atoms with Gasteiger partial charge < -0.3 is 15.1 Å². The minimum Gasteiger partial charge on any atom is -0.314 e. The second kappa shape index (κ2) is 5.99. The van der Waals surface area contributed by atoms with Gasteiger partial charge in [-0.3, -0.25) is 0 Å². The molecule has 1 fully saturated rings. The molecule has 1 aliphatic heterocycles. The van der Waals surface area contributed by atoms with Crippen molar-refractivity contribution < 1.29 is 0 Å². The van der Waals surface area contributed by atoms with E-state index in [-0.39, 0.29) is 0 Å². The number of rotatable bonds is 5. The third kappa shape index (κ3) is 3.72. The van der Waals surface area contributed by atoms with E-state index in [1.807, 2.05) is 0 Å². The standard InChI is InChI=1S/C13H29N3/c1-6-12(15(4)5)13(2,3)11-16-9-7-14-8-10-16/h12,14H,6-11H2,1-5H3. The van der Waals surface area contributed by atoms with Crippen LogP contribution in [0.2, 0.25) is 0 Å². The topological polar surface area (TPSA) is 18.5 Å². The highest BCUT2D eigenvalue weighted by atomic mass is 15.2. The fraction of sp³-hybridized carbons (Fsp3) is 1.00. The number of piperazine rings is 1. The second-order valence-corrected chi connectivity index (χ2v) is 5.90. The van der Waals surface area contributed by atoms with Crippen LogP contribution in [0.15, 0.2) is 0 Å². The zero-order chi connectivity index (χ0) is 12.2. The third-order valence-electron chi connectivity index (χ3n) is 3.75. The maximum absolute atomic E-state index is 3.41. The molecule has 1 N–H and O–H groups in total. The van der Waals surface area contributed by atoms with Crippen molar-refractivity contribution >= 4 is 0 Å². The highest BCUT2D eigenvalue weighted by molar-refractivity contribution is 4.87. The van der Waals surface area contributed by atoms with Gasteiger partial charge in [-0.05, 0) is 25.9 Å². The highest BCUT2D eigenvalue weighted by Crippen LogP contribution is 2.27. The molecular weight excluding hydrogens is 198 g/mol. The molecular formula is C13H29N3. The van der Waals surface area contributed by atoms with Crippen LogP contribution in [0.4, 0.5) is 0 Å². The van der Waals surface area contributed by atoms with E-state index < -0.39 is 0 Å². The van der Waals surface area contributed by atoms with Gasteiger partial charge in [0.2, 0.25) is 0 Å². The lowest BCUT2D eigenvalue weighted by Crippen LogP contribution is -2.52. The van der Waals surface area contributed by atoms with Gasteiger partial charge in [-0.25, -0.2) is 0 Å². The Bertz CT molecular complexity index is 195. The van der Waals surface area contributed by atoms with Crippen molar-refractivity contribution in [3.05, 3.63) is 0 Å². The lowest BCUT2D eigenvalue weighted by Gasteiger charge is -2.42. The Labute approximate surface area is 101 Å². The molecule has 96 valence electrons. The molecule has 0 bridgehead atoms. The fourth-order valence-corrected chi connectivity index (χ4v) is 3.17. The molecule has 16 heavy (non-hydrogen) atoms. The Morgan fingerprint density at radius 1 is 1.25 bits per heavy atom. The fourth-order valence-electron chi connectivity index (χ4n) is 3.17. The van der Waals surface area contributed by atoms with Crippen molar-refractivity contribution in [2.75, 3.05) is 46.8 Å². The first-order valence-corrected chi connectivity index (χ1v) is 6.57. The number of hydrogen-bond acceptors (Lipinski definition) is 3. The predicted molar refractivity (Wildman–Crippen MR) is 70.9 cm³/mol. The number of hydrogen-bond donors (Lipinski definition) is 1.